The highest BCUT2D eigenvalue weighted by molar-refractivity contribution is 7.87. The van der Waals surface area contributed by atoms with Gasteiger partial charge >= 0.3 is 15.6 Å². The molecule has 2 aliphatic rings. The van der Waals surface area contributed by atoms with Gasteiger partial charge in [-0.15, -0.1) is 6.58 Å². The zero-order valence-electron chi connectivity index (χ0n) is 24.1. The molecule has 0 amide bonds. The number of ketones is 1. The van der Waals surface area contributed by atoms with Crippen LogP contribution in [-0.2, 0) is 23.5 Å². The lowest BCUT2D eigenvalue weighted by molar-refractivity contribution is -0.123. The van der Waals surface area contributed by atoms with E-state index in [1.54, 1.807) is 6.08 Å². The Morgan fingerprint density at radius 2 is 1.65 bits per heavy atom. The normalized spacial score (nSPS) is 28.4. The molecule has 0 unspecified atom stereocenters. The van der Waals surface area contributed by atoms with E-state index in [1.807, 2.05) is 33.8 Å². The van der Waals surface area contributed by atoms with E-state index >= 15 is 0 Å². The maximum absolute atomic E-state index is 14.0. The third-order valence-electron chi connectivity index (χ3n) is 8.92. The van der Waals surface area contributed by atoms with Crippen LogP contribution in [0.2, 0.25) is 18.1 Å². The number of aliphatic hydroxyl groups is 1. The number of hydrogen-bond donors (Lipinski definition) is 1. The van der Waals surface area contributed by atoms with Crippen molar-refractivity contribution in [2.45, 2.75) is 95.5 Å². The summed E-state index contributed by atoms with van der Waals surface area (Å²) in [4.78, 5) is 14.0. The number of hydrogen-bond acceptors (Lipinski definition) is 6. The number of halogens is 3. The van der Waals surface area contributed by atoms with Crippen LogP contribution in [-0.4, -0.2) is 45.3 Å². The number of rotatable bonds is 17. The first-order valence-electron chi connectivity index (χ1n) is 14.3. The van der Waals surface area contributed by atoms with Crippen molar-refractivity contribution in [1.82, 2.24) is 0 Å². The van der Waals surface area contributed by atoms with Crippen LogP contribution >= 0.6 is 0 Å². The SMILES string of the molecule is C=C/C(OS(=O)(=O)C(F)(F)F)=C1\C(=O)[C@H]2[C@@H](CCO)[C@H](CCCCC/C=C/C)[C@@H]1[C@]2(C=C)O[Si](CC)(CC)CC. The molecule has 2 bridgehead atoms. The largest absolute Gasteiger partial charge is 0.534 e. The summed E-state index contributed by atoms with van der Waals surface area (Å²) < 4.78 is 75.5. The zero-order chi connectivity index (χ0) is 30.4. The summed E-state index contributed by atoms with van der Waals surface area (Å²) in [6.45, 7) is 15.4. The lowest BCUT2D eigenvalue weighted by Gasteiger charge is -2.42. The highest BCUT2D eigenvalue weighted by Crippen LogP contribution is 2.65. The number of fused-ring (bicyclic) bond motifs is 2. The molecule has 6 nitrogen and oxygen atoms in total. The van der Waals surface area contributed by atoms with Gasteiger partial charge in [0.1, 0.15) is 5.76 Å². The lowest BCUT2D eigenvalue weighted by atomic mass is 9.72. The van der Waals surface area contributed by atoms with Gasteiger partial charge < -0.3 is 13.7 Å². The molecular formula is C29H45F3O6SSi. The quantitative estimate of drug-likeness (QED) is 0.0358. The van der Waals surface area contributed by atoms with Crippen LogP contribution in [0.25, 0.3) is 0 Å². The topological polar surface area (TPSA) is 89.9 Å². The number of allylic oxidation sites excluding steroid dienone is 3. The maximum Gasteiger partial charge on any atom is 0.534 e. The first-order valence-corrected chi connectivity index (χ1v) is 18.2. The molecule has 11 heteroatoms. The molecule has 2 aliphatic carbocycles. The van der Waals surface area contributed by atoms with Crippen molar-refractivity contribution in [2.24, 2.45) is 23.7 Å². The number of unbranched alkanes of at least 4 members (excludes halogenated alkanes) is 3. The smallest absolute Gasteiger partial charge is 0.407 e. The Morgan fingerprint density at radius 1 is 1.05 bits per heavy atom. The Kier molecular flexibility index (Phi) is 12.1. The summed E-state index contributed by atoms with van der Waals surface area (Å²) in [7, 11) is -8.45. The Labute approximate surface area is 238 Å². The average Bonchev–Trinajstić information content (AvgIpc) is 3.30. The second kappa shape index (κ2) is 14.0. The summed E-state index contributed by atoms with van der Waals surface area (Å²) in [6.07, 6.45) is 11.1. The Hall–Kier alpha value is -1.69. The highest BCUT2D eigenvalue weighted by atomic mass is 32.2. The van der Waals surface area contributed by atoms with Gasteiger partial charge in [-0.1, -0.05) is 58.4 Å². The van der Waals surface area contributed by atoms with E-state index in [9.17, 15) is 31.5 Å². The van der Waals surface area contributed by atoms with Gasteiger partial charge in [0, 0.05) is 18.1 Å². The van der Waals surface area contributed by atoms with Crippen molar-refractivity contribution < 1.29 is 40.1 Å². The van der Waals surface area contributed by atoms with Gasteiger partial charge in [0.15, 0.2) is 14.1 Å². The minimum atomic E-state index is -6.04. The summed E-state index contributed by atoms with van der Waals surface area (Å²) >= 11 is 0. The van der Waals surface area contributed by atoms with Crippen molar-refractivity contribution in [3.05, 3.63) is 48.8 Å². The Balaban J connectivity index is 2.74. The third-order valence-corrected chi connectivity index (χ3v) is 14.5. The van der Waals surface area contributed by atoms with Gasteiger partial charge in [0.2, 0.25) is 0 Å². The average molecular weight is 607 g/mol. The highest BCUT2D eigenvalue weighted by Gasteiger charge is 2.71. The van der Waals surface area contributed by atoms with Crippen LogP contribution in [0.4, 0.5) is 13.2 Å². The van der Waals surface area contributed by atoms with E-state index in [1.165, 1.54) is 0 Å². The Morgan fingerprint density at radius 3 is 2.12 bits per heavy atom. The monoisotopic (exact) mass is 606 g/mol. The molecule has 1 N–H and O–H groups in total. The molecule has 0 spiro atoms. The second-order valence-corrected chi connectivity index (χ2v) is 17.0. The van der Waals surface area contributed by atoms with Crippen molar-refractivity contribution in [2.75, 3.05) is 6.61 Å². The molecule has 5 atom stereocenters. The minimum absolute atomic E-state index is 0.132. The second-order valence-electron chi connectivity index (χ2n) is 10.7. The molecule has 0 aromatic heterocycles. The predicted molar refractivity (Wildman–Crippen MR) is 153 cm³/mol. The summed E-state index contributed by atoms with van der Waals surface area (Å²) in [5.74, 6) is -3.39. The maximum atomic E-state index is 14.0. The van der Waals surface area contributed by atoms with Crippen molar-refractivity contribution in [3.8, 4) is 0 Å². The zero-order valence-corrected chi connectivity index (χ0v) is 26.0. The van der Waals surface area contributed by atoms with E-state index in [2.05, 4.69) is 23.4 Å². The van der Waals surface area contributed by atoms with Gasteiger partial charge in [0.25, 0.3) is 0 Å². The van der Waals surface area contributed by atoms with Gasteiger partial charge in [-0.3, -0.25) is 4.79 Å². The van der Waals surface area contributed by atoms with E-state index in [0.29, 0.717) is 12.8 Å². The number of alkyl halides is 3. The van der Waals surface area contributed by atoms with E-state index in [0.717, 1.165) is 49.9 Å². The van der Waals surface area contributed by atoms with Gasteiger partial charge in [-0.25, -0.2) is 0 Å². The molecule has 2 rings (SSSR count). The molecule has 0 saturated heterocycles. The molecule has 0 aliphatic heterocycles. The lowest BCUT2D eigenvalue weighted by Crippen LogP contribution is -2.50. The van der Waals surface area contributed by atoms with Crippen LogP contribution in [0.1, 0.15) is 66.2 Å². The van der Waals surface area contributed by atoms with Crippen LogP contribution in [0.3, 0.4) is 0 Å². The Bertz CT molecular complexity index is 1070. The van der Waals surface area contributed by atoms with Gasteiger partial charge in [0.05, 0.1) is 11.5 Å². The number of carbonyl (C=O) groups excluding carboxylic acids is 1. The number of aliphatic hydroxyl groups excluding tert-OH is 1. The standard InChI is InChI=1S/C29H45F3O6SSi/c1-7-13-14-15-16-17-18-21-22(19-20-33)26-27(34)24(23(8-2)37-39(35,36)29(30,31)32)25(21)28(26,9-3)38-40(10-4,11-5)12-6/h7-9,13,21-22,25-26,33H,2-3,10-12,14-20H2,1,4-6H3/b13-7+,24-23+/t21-,22-,25-,26+,28-/m0/s1. The molecule has 0 heterocycles. The van der Waals surface area contributed by atoms with Crippen LogP contribution in [0.15, 0.2) is 48.8 Å². The molecule has 0 aromatic carbocycles. The molecule has 228 valence electrons. The van der Waals surface area contributed by atoms with Gasteiger partial charge in [-0.05, 0) is 68.7 Å². The van der Waals surface area contributed by atoms with Crippen LogP contribution in [0.5, 0.6) is 0 Å². The summed E-state index contributed by atoms with van der Waals surface area (Å²) in [6, 6.07) is 2.28. The van der Waals surface area contributed by atoms with E-state index < -0.39 is 52.9 Å². The summed E-state index contributed by atoms with van der Waals surface area (Å²) in [5.41, 5.74) is -7.04. The molecule has 40 heavy (non-hydrogen) atoms. The molecular weight excluding hydrogens is 561 g/mol. The third kappa shape index (κ3) is 6.52. The number of Topliss-reactive ketones (excluding diaryl/α,β-unsaturated/α-hetero) is 1. The van der Waals surface area contributed by atoms with E-state index in [-0.39, 0.29) is 24.0 Å². The van der Waals surface area contributed by atoms with Crippen molar-refractivity contribution in [1.29, 1.82) is 0 Å². The fourth-order valence-electron chi connectivity index (χ4n) is 6.81. The van der Waals surface area contributed by atoms with Crippen molar-refractivity contribution >= 4 is 24.2 Å². The molecule has 2 fully saturated rings. The van der Waals surface area contributed by atoms with Crippen molar-refractivity contribution in [3.63, 3.8) is 0 Å². The van der Waals surface area contributed by atoms with E-state index in [4.69, 9.17) is 4.43 Å². The molecule has 0 radical (unpaired) electrons. The predicted octanol–water partition coefficient (Wildman–Crippen LogP) is 7.21. The minimum Gasteiger partial charge on any atom is -0.407 e. The molecule has 0 aromatic rings. The van der Waals surface area contributed by atoms with Gasteiger partial charge in [-0.2, -0.15) is 21.6 Å². The number of carbonyl (C=O) groups is 1. The van der Waals surface area contributed by atoms with Crippen LogP contribution < -0.4 is 0 Å². The summed E-state index contributed by atoms with van der Waals surface area (Å²) in [5, 5.41) is 9.97. The first-order chi connectivity index (χ1) is 18.8. The van der Waals surface area contributed by atoms with Crippen LogP contribution in [0, 0.1) is 23.7 Å². The fraction of sp³-hybridized carbons (Fsp3) is 0.690. The molecule has 2 saturated carbocycles. The first kappa shape index (κ1) is 34.5. The fourth-order valence-corrected chi connectivity index (χ4v) is 10.3.